The van der Waals surface area contributed by atoms with Crippen LogP contribution in [0.5, 0.6) is 0 Å². The van der Waals surface area contributed by atoms with Crippen LogP contribution >= 0.6 is 0 Å². The fourth-order valence-corrected chi connectivity index (χ4v) is 3.81. The molecule has 0 fully saturated rings. The van der Waals surface area contributed by atoms with Crippen molar-refractivity contribution in [2.75, 3.05) is 19.3 Å². The topological polar surface area (TPSA) is 143 Å². The van der Waals surface area contributed by atoms with Crippen LogP contribution in [0.3, 0.4) is 0 Å². The van der Waals surface area contributed by atoms with Gasteiger partial charge in [-0.15, -0.1) is 0 Å². The Labute approximate surface area is 184 Å². The largest absolute Gasteiger partial charge is 0.382 e. The van der Waals surface area contributed by atoms with Crippen LogP contribution in [0.15, 0.2) is 53.4 Å². The van der Waals surface area contributed by atoms with Crippen molar-refractivity contribution in [1.82, 2.24) is 19.8 Å². The third kappa shape index (κ3) is 4.93. The number of amides is 1. The summed E-state index contributed by atoms with van der Waals surface area (Å²) in [5, 5.41) is 16.5. The molecule has 1 heterocycles. The van der Waals surface area contributed by atoms with Crippen molar-refractivity contribution in [2.45, 2.75) is 17.7 Å². The third-order valence-corrected chi connectivity index (χ3v) is 6.14. The first-order chi connectivity index (χ1) is 15.3. The second kappa shape index (κ2) is 9.59. The van der Waals surface area contributed by atoms with Gasteiger partial charge in [0.25, 0.3) is 5.91 Å². The number of nitrogens with zero attached hydrogens (tertiary/aromatic N) is 3. The highest BCUT2D eigenvalue weighted by atomic mass is 32.2. The Morgan fingerprint density at radius 3 is 2.62 bits per heavy atom. The normalized spacial score (nSPS) is 11.2. The highest BCUT2D eigenvalue weighted by molar-refractivity contribution is 7.89. The van der Waals surface area contributed by atoms with Gasteiger partial charge in [0.05, 0.1) is 16.3 Å². The van der Waals surface area contributed by atoms with Crippen molar-refractivity contribution < 1.29 is 17.6 Å². The average molecular weight is 457 g/mol. The Bertz CT molecular complexity index is 1280. The van der Waals surface area contributed by atoms with E-state index < -0.39 is 21.7 Å². The van der Waals surface area contributed by atoms with Crippen molar-refractivity contribution in [3.8, 4) is 11.8 Å². The van der Waals surface area contributed by atoms with Gasteiger partial charge in [-0.1, -0.05) is 6.07 Å². The first-order valence-corrected chi connectivity index (χ1v) is 11.1. The number of carbonyl (C=O) groups is 1. The number of nitrogens with two attached hydrogens (primary N) is 1. The number of hydrogen-bond donors (Lipinski definition) is 3. The number of nitrogen functional groups attached to an aromatic ring is 1. The molecule has 0 atom stereocenters. The highest BCUT2D eigenvalue weighted by Gasteiger charge is 2.17. The molecule has 0 aliphatic carbocycles. The van der Waals surface area contributed by atoms with Crippen LogP contribution in [-0.2, 0) is 16.4 Å². The molecule has 1 amide bonds. The molecule has 0 radical (unpaired) electrons. The monoisotopic (exact) mass is 456 g/mol. The summed E-state index contributed by atoms with van der Waals surface area (Å²) in [5.41, 5.74) is 7.46. The first kappa shape index (κ1) is 22.9. The molecular weight excluding hydrogens is 435 g/mol. The Balaban J connectivity index is 1.64. The molecule has 11 heteroatoms. The van der Waals surface area contributed by atoms with Crippen molar-refractivity contribution in [2.24, 2.45) is 0 Å². The van der Waals surface area contributed by atoms with Crippen molar-refractivity contribution in [3.05, 3.63) is 71.2 Å². The molecule has 3 aromatic rings. The number of benzene rings is 2. The van der Waals surface area contributed by atoms with Crippen molar-refractivity contribution >= 4 is 21.7 Å². The summed E-state index contributed by atoms with van der Waals surface area (Å²) < 4.78 is 40.5. The van der Waals surface area contributed by atoms with Crippen molar-refractivity contribution in [1.29, 1.82) is 5.26 Å². The highest BCUT2D eigenvalue weighted by Crippen LogP contribution is 2.21. The summed E-state index contributed by atoms with van der Waals surface area (Å²) in [4.78, 5) is 12.4. The number of anilines is 1. The van der Waals surface area contributed by atoms with Gasteiger partial charge < -0.3 is 11.1 Å². The van der Waals surface area contributed by atoms with E-state index in [9.17, 15) is 22.9 Å². The minimum Gasteiger partial charge on any atom is -0.382 e. The Hall–Kier alpha value is -3.75. The summed E-state index contributed by atoms with van der Waals surface area (Å²) in [6, 6.07) is 13.3. The van der Waals surface area contributed by atoms with Gasteiger partial charge in [0.15, 0.2) is 0 Å². The Morgan fingerprint density at radius 2 is 1.97 bits per heavy atom. The quantitative estimate of drug-likeness (QED) is 0.441. The maximum atomic E-state index is 13.2. The molecule has 166 valence electrons. The number of hydrogen-bond acceptors (Lipinski definition) is 6. The van der Waals surface area contributed by atoms with Gasteiger partial charge in [0, 0.05) is 12.1 Å². The molecule has 0 aliphatic heterocycles. The molecule has 9 nitrogen and oxygen atoms in total. The van der Waals surface area contributed by atoms with Crippen LogP contribution in [0.2, 0.25) is 0 Å². The Morgan fingerprint density at radius 1 is 1.25 bits per heavy atom. The lowest BCUT2D eigenvalue weighted by molar-refractivity contribution is 0.0953. The van der Waals surface area contributed by atoms with E-state index in [0.29, 0.717) is 24.2 Å². The SMILES string of the molecule is CNS(=O)(=O)c1cccc(C(=O)NCCCc2nn(-c3ccc(F)cc3)c(N)c2C#N)c1. The van der Waals surface area contributed by atoms with Gasteiger partial charge in [-0.3, -0.25) is 4.79 Å². The smallest absolute Gasteiger partial charge is 0.251 e. The zero-order valence-corrected chi connectivity index (χ0v) is 18.0. The molecule has 0 saturated carbocycles. The zero-order chi connectivity index (χ0) is 23.3. The van der Waals surface area contributed by atoms with Crippen LogP contribution in [-0.4, -0.2) is 37.7 Å². The predicted molar refractivity (Wildman–Crippen MR) is 116 cm³/mol. The molecule has 32 heavy (non-hydrogen) atoms. The molecule has 1 aromatic heterocycles. The lowest BCUT2D eigenvalue weighted by Gasteiger charge is -2.07. The number of sulfonamides is 1. The number of halogens is 1. The molecule has 0 unspecified atom stereocenters. The fourth-order valence-electron chi connectivity index (χ4n) is 3.04. The van der Waals surface area contributed by atoms with E-state index in [2.05, 4.69) is 15.1 Å². The Kier molecular flexibility index (Phi) is 6.87. The van der Waals surface area contributed by atoms with E-state index in [-0.39, 0.29) is 28.4 Å². The first-order valence-electron chi connectivity index (χ1n) is 9.62. The van der Waals surface area contributed by atoms with Gasteiger partial charge in [0.1, 0.15) is 23.3 Å². The van der Waals surface area contributed by atoms with Crippen molar-refractivity contribution in [3.63, 3.8) is 0 Å². The molecule has 2 aromatic carbocycles. The minimum absolute atomic E-state index is 0.00637. The number of nitrogens with one attached hydrogen (secondary N) is 2. The van der Waals surface area contributed by atoms with E-state index in [0.717, 1.165) is 0 Å². The van der Waals surface area contributed by atoms with E-state index in [1.54, 1.807) is 0 Å². The maximum absolute atomic E-state index is 13.2. The van der Waals surface area contributed by atoms with Gasteiger partial charge in [-0.2, -0.15) is 10.4 Å². The summed E-state index contributed by atoms with van der Waals surface area (Å²) in [6.07, 6.45) is 0.838. The third-order valence-electron chi connectivity index (χ3n) is 4.73. The molecule has 3 rings (SSSR count). The number of carbonyl (C=O) groups excluding carboxylic acids is 1. The van der Waals surface area contributed by atoms with Crippen LogP contribution in [0.1, 0.15) is 28.0 Å². The summed E-state index contributed by atoms with van der Waals surface area (Å²) >= 11 is 0. The van der Waals surface area contributed by atoms with Crippen LogP contribution in [0.25, 0.3) is 5.69 Å². The number of rotatable bonds is 8. The summed E-state index contributed by atoms with van der Waals surface area (Å²) in [5.74, 6) is -0.666. The molecule has 0 saturated heterocycles. The standard InChI is InChI=1S/C21H21FN6O3S/c1-25-32(30,31)17-5-2-4-14(12-17)21(29)26-11-3-6-19-18(13-23)20(24)28(27-19)16-9-7-15(22)8-10-16/h2,4-5,7-10,12,25H,3,6,11,24H2,1H3,(H,26,29). The molecule has 0 aliphatic rings. The van der Waals surface area contributed by atoms with E-state index in [4.69, 9.17) is 5.73 Å². The van der Waals surface area contributed by atoms with E-state index in [1.807, 2.05) is 6.07 Å². The number of aromatic nitrogens is 2. The molecular formula is C21H21FN6O3S. The van der Waals surface area contributed by atoms with Crippen LogP contribution in [0, 0.1) is 17.1 Å². The molecule has 0 spiro atoms. The van der Waals surface area contributed by atoms with Gasteiger partial charge in [-0.05, 0) is 62.4 Å². The zero-order valence-electron chi connectivity index (χ0n) is 17.2. The minimum atomic E-state index is -3.65. The van der Waals surface area contributed by atoms with Crippen LogP contribution < -0.4 is 15.8 Å². The van der Waals surface area contributed by atoms with Gasteiger partial charge in [0.2, 0.25) is 10.0 Å². The number of nitriles is 1. The maximum Gasteiger partial charge on any atom is 0.251 e. The van der Waals surface area contributed by atoms with Gasteiger partial charge in [-0.25, -0.2) is 22.2 Å². The number of aryl methyl sites for hydroxylation is 1. The second-order valence-corrected chi connectivity index (χ2v) is 8.69. The lowest BCUT2D eigenvalue weighted by Crippen LogP contribution is -2.25. The molecule has 4 N–H and O–H groups in total. The lowest BCUT2D eigenvalue weighted by atomic mass is 10.1. The van der Waals surface area contributed by atoms with Crippen LogP contribution in [0.4, 0.5) is 10.2 Å². The van der Waals surface area contributed by atoms with E-state index in [1.165, 1.54) is 60.3 Å². The summed E-state index contributed by atoms with van der Waals surface area (Å²) in [6.45, 7) is 0.274. The van der Waals surface area contributed by atoms with E-state index >= 15 is 0 Å². The fraction of sp³-hybridized carbons (Fsp3) is 0.190. The molecule has 0 bridgehead atoms. The summed E-state index contributed by atoms with van der Waals surface area (Å²) in [7, 11) is -2.36. The predicted octanol–water partition coefficient (Wildman–Crippen LogP) is 1.74. The average Bonchev–Trinajstić information content (AvgIpc) is 3.12. The second-order valence-electron chi connectivity index (χ2n) is 6.80. The van der Waals surface area contributed by atoms with Gasteiger partial charge >= 0.3 is 0 Å².